The topological polar surface area (TPSA) is 62.4 Å². The summed E-state index contributed by atoms with van der Waals surface area (Å²) in [6.07, 6.45) is -0.308. The van der Waals surface area contributed by atoms with E-state index in [1.807, 2.05) is 0 Å². The van der Waals surface area contributed by atoms with E-state index < -0.39 is 17.5 Å². The molecule has 1 heterocycles. The lowest BCUT2D eigenvalue weighted by molar-refractivity contribution is -0.141. The van der Waals surface area contributed by atoms with Gasteiger partial charge in [-0.15, -0.1) is 0 Å². The molecule has 1 aromatic rings. The first-order chi connectivity index (χ1) is 9.21. The van der Waals surface area contributed by atoms with Crippen molar-refractivity contribution >= 4 is 11.4 Å². The van der Waals surface area contributed by atoms with Gasteiger partial charge < -0.3 is 15.7 Å². The molecule has 1 fully saturated rings. The summed E-state index contributed by atoms with van der Waals surface area (Å²) in [7, 11) is 1.63. The van der Waals surface area contributed by atoms with Crippen molar-refractivity contribution in [1.29, 1.82) is 0 Å². The quantitative estimate of drug-likeness (QED) is 0.897. The van der Waals surface area contributed by atoms with Crippen molar-refractivity contribution in [1.82, 2.24) is 4.98 Å². The van der Waals surface area contributed by atoms with Gasteiger partial charge in [-0.05, 0) is 18.9 Å². The number of hydrogen-bond acceptors (Lipinski definition) is 4. The lowest BCUT2D eigenvalue weighted by Gasteiger charge is -2.30. The number of aliphatic hydroxyl groups is 1. The Hall–Kier alpha value is -1.50. The average Bonchev–Trinajstić information content (AvgIpc) is 2.74. The van der Waals surface area contributed by atoms with E-state index in [0.717, 1.165) is 25.1 Å². The number of nitrogens with zero attached hydrogens (tertiary/aromatic N) is 2. The zero-order valence-electron chi connectivity index (χ0n) is 11.2. The molecule has 1 aromatic heterocycles. The van der Waals surface area contributed by atoms with Gasteiger partial charge in [-0.1, -0.05) is 12.8 Å². The molecule has 20 heavy (non-hydrogen) atoms. The zero-order chi connectivity index (χ0) is 15.0. The van der Waals surface area contributed by atoms with Crippen LogP contribution in [0.4, 0.5) is 24.5 Å². The molecule has 2 rings (SSSR count). The van der Waals surface area contributed by atoms with Gasteiger partial charge in [0.1, 0.15) is 5.69 Å². The molecular formula is C13H18F3N3O. The van der Waals surface area contributed by atoms with Crippen LogP contribution in [0.15, 0.2) is 12.3 Å². The van der Waals surface area contributed by atoms with Crippen molar-refractivity contribution in [3.05, 3.63) is 18.0 Å². The molecule has 3 N–H and O–H groups in total. The third-order valence-electron chi connectivity index (χ3n) is 3.68. The molecule has 0 atom stereocenters. The van der Waals surface area contributed by atoms with Gasteiger partial charge in [-0.25, -0.2) is 4.98 Å². The summed E-state index contributed by atoms with van der Waals surface area (Å²) < 4.78 is 38.0. The molecule has 7 heteroatoms. The Labute approximate surface area is 115 Å². The van der Waals surface area contributed by atoms with Gasteiger partial charge in [0.25, 0.3) is 0 Å². The highest BCUT2D eigenvalue weighted by Gasteiger charge is 2.35. The van der Waals surface area contributed by atoms with Crippen LogP contribution in [0.2, 0.25) is 0 Å². The first-order valence-corrected chi connectivity index (χ1v) is 6.47. The highest BCUT2D eigenvalue weighted by Crippen LogP contribution is 2.35. The zero-order valence-corrected chi connectivity index (χ0v) is 11.2. The predicted octanol–water partition coefficient (Wildman–Crippen LogP) is 2.42. The van der Waals surface area contributed by atoms with Crippen LogP contribution in [0.25, 0.3) is 0 Å². The summed E-state index contributed by atoms with van der Waals surface area (Å²) in [4.78, 5) is 4.87. The monoisotopic (exact) mass is 289 g/mol. The lowest BCUT2D eigenvalue weighted by atomic mass is 10.0. The highest BCUT2D eigenvalue weighted by atomic mass is 19.4. The third-order valence-corrected chi connectivity index (χ3v) is 3.68. The summed E-state index contributed by atoms with van der Waals surface area (Å²) in [5, 5.41) is 10.3. The second-order valence-electron chi connectivity index (χ2n) is 5.41. The van der Waals surface area contributed by atoms with Crippen LogP contribution in [-0.2, 0) is 6.18 Å². The number of nitrogen functional groups attached to an aromatic ring is 1. The number of alkyl halides is 3. The Kier molecular flexibility index (Phi) is 3.82. The van der Waals surface area contributed by atoms with Gasteiger partial charge in [0.2, 0.25) is 0 Å². The Bertz CT molecular complexity index is 484. The molecule has 0 aliphatic heterocycles. The van der Waals surface area contributed by atoms with Gasteiger partial charge >= 0.3 is 6.18 Å². The van der Waals surface area contributed by atoms with Gasteiger partial charge in [0, 0.05) is 13.6 Å². The van der Waals surface area contributed by atoms with Gasteiger partial charge in [-0.2, -0.15) is 13.2 Å². The van der Waals surface area contributed by atoms with Crippen LogP contribution in [0.3, 0.4) is 0 Å². The van der Waals surface area contributed by atoms with E-state index in [1.54, 1.807) is 11.9 Å². The fourth-order valence-electron chi connectivity index (χ4n) is 2.66. The highest BCUT2D eigenvalue weighted by molar-refractivity contribution is 5.66. The summed E-state index contributed by atoms with van der Waals surface area (Å²) >= 11 is 0. The molecule has 0 unspecified atom stereocenters. The second kappa shape index (κ2) is 5.12. The van der Waals surface area contributed by atoms with E-state index in [-0.39, 0.29) is 17.9 Å². The molecule has 0 aromatic carbocycles. The number of anilines is 2. The third kappa shape index (κ3) is 3.15. The van der Waals surface area contributed by atoms with Crippen LogP contribution in [0.5, 0.6) is 0 Å². The fraction of sp³-hybridized carbons (Fsp3) is 0.615. The van der Waals surface area contributed by atoms with Gasteiger partial charge in [-0.3, -0.25) is 0 Å². The Morgan fingerprint density at radius 3 is 2.55 bits per heavy atom. The minimum absolute atomic E-state index is 0.169. The first-order valence-electron chi connectivity index (χ1n) is 6.47. The number of rotatable bonds is 3. The maximum absolute atomic E-state index is 12.7. The number of hydrogen-bond donors (Lipinski definition) is 2. The second-order valence-corrected chi connectivity index (χ2v) is 5.41. The molecule has 1 saturated carbocycles. The number of nitrogens with two attached hydrogens (primary N) is 1. The average molecular weight is 289 g/mol. The molecule has 0 spiro atoms. The van der Waals surface area contributed by atoms with E-state index in [2.05, 4.69) is 4.98 Å². The number of likely N-dealkylation sites (N-methyl/N-ethyl adjacent to an activating group) is 1. The van der Waals surface area contributed by atoms with Crippen LogP contribution in [0, 0.1) is 0 Å². The first kappa shape index (κ1) is 14.9. The Morgan fingerprint density at radius 2 is 2.00 bits per heavy atom. The molecular weight excluding hydrogens is 271 g/mol. The summed E-state index contributed by atoms with van der Waals surface area (Å²) in [5.74, 6) is 0. The molecule has 1 aliphatic carbocycles. The summed E-state index contributed by atoms with van der Waals surface area (Å²) in [6, 6.07) is 0.924. The SMILES string of the molecule is CN(CC1(O)CCCC1)c1cc(C(F)(F)F)ncc1N. The predicted molar refractivity (Wildman–Crippen MR) is 70.3 cm³/mol. The van der Waals surface area contributed by atoms with Crippen molar-refractivity contribution in [2.75, 3.05) is 24.2 Å². The van der Waals surface area contributed by atoms with Crippen molar-refractivity contribution in [3.8, 4) is 0 Å². The maximum atomic E-state index is 12.7. The molecule has 0 bridgehead atoms. The lowest BCUT2D eigenvalue weighted by Crippen LogP contribution is -2.39. The molecule has 4 nitrogen and oxygen atoms in total. The van der Waals surface area contributed by atoms with Crippen molar-refractivity contribution in [3.63, 3.8) is 0 Å². The number of halogens is 3. The van der Waals surface area contributed by atoms with Gasteiger partial charge in [0.05, 0.1) is 23.2 Å². The van der Waals surface area contributed by atoms with Crippen molar-refractivity contribution < 1.29 is 18.3 Å². The maximum Gasteiger partial charge on any atom is 0.433 e. The Balaban J connectivity index is 2.22. The van der Waals surface area contributed by atoms with E-state index in [0.29, 0.717) is 12.8 Å². The van der Waals surface area contributed by atoms with E-state index in [1.165, 1.54) is 0 Å². The van der Waals surface area contributed by atoms with Crippen LogP contribution in [-0.4, -0.2) is 29.3 Å². The van der Waals surface area contributed by atoms with E-state index in [9.17, 15) is 18.3 Å². The Morgan fingerprint density at radius 1 is 1.40 bits per heavy atom. The van der Waals surface area contributed by atoms with Crippen molar-refractivity contribution in [2.45, 2.75) is 37.5 Å². The molecule has 0 amide bonds. The molecule has 112 valence electrons. The molecule has 0 radical (unpaired) electrons. The van der Waals surface area contributed by atoms with Crippen LogP contribution in [0.1, 0.15) is 31.4 Å². The summed E-state index contributed by atoms with van der Waals surface area (Å²) in [5.41, 5.74) is 4.29. The fourth-order valence-corrected chi connectivity index (χ4v) is 2.66. The van der Waals surface area contributed by atoms with Crippen molar-refractivity contribution in [2.24, 2.45) is 0 Å². The molecule has 0 saturated heterocycles. The summed E-state index contributed by atoms with van der Waals surface area (Å²) in [6.45, 7) is 0.262. The van der Waals surface area contributed by atoms with Crippen LogP contribution < -0.4 is 10.6 Å². The minimum Gasteiger partial charge on any atom is -0.396 e. The largest absolute Gasteiger partial charge is 0.433 e. The number of aromatic nitrogens is 1. The number of pyridine rings is 1. The minimum atomic E-state index is -4.51. The van der Waals surface area contributed by atoms with Gasteiger partial charge in [0.15, 0.2) is 0 Å². The smallest absolute Gasteiger partial charge is 0.396 e. The van der Waals surface area contributed by atoms with Crippen LogP contribution >= 0.6 is 0 Å². The van der Waals surface area contributed by atoms with E-state index >= 15 is 0 Å². The molecule has 1 aliphatic rings. The van der Waals surface area contributed by atoms with E-state index in [4.69, 9.17) is 5.73 Å². The standard InChI is InChI=1S/C13H18F3N3O/c1-19(8-12(20)4-2-3-5-12)10-6-11(13(14,15)16)18-7-9(10)17/h6-7,20H,2-5,8,17H2,1H3. The normalized spacial score (nSPS) is 18.2.